The third-order valence-electron chi connectivity index (χ3n) is 7.40. The van der Waals surface area contributed by atoms with Crippen LogP contribution in [-0.2, 0) is 20.9 Å². The predicted molar refractivity (Wildman–Crippen MR) is 167 cm³/mol. The average Bonchev–Trinajstić information content (AvgIpc) is 3.47. The van der Waals surface area contributed by atoms with Gasteiger partial charge in [0, 0.05) is 58.8 Å². The molecule has 42 heavy (non-hydrogen) atoms. The highest BCUT2D eigenvalue weighted by molar-refractivity contribution is 5.87. The molecular weight excluding hydrogens is 540 g/mol. The molecule has 4 rings (SSSR count). The molecule has 2 aliphatic rings. The summed E-state index contributed by atoms with van der Waals surface area (Å²) in [5, 5.41) is 5.77. The fraction of sp³-hybridized carbons (Fsp3) is 0.594. The second-order valence-electron chi connectivity index (χ2n) is 10.3. The lowest BCUT2D eigenvalue weighted by atomic mass is 9.96. The predicted octanol–water partition coefficient (Wildman–Crippen LogP) is 6.60. The van der Waals surface area contributed by atoms with Gasteiger partial charge in [-0.25, -0.2) is 13.8 Å². The fourth-order valence-electron chi connectivity index (χ4n) is 5.19. The van der Waals surface area contributed by atoms with Gasteiger partial charge in [-0.05, 0) is 57.1 Å². The number of carbonyl (C=O) groups is 2. The summed E-state index contributed by atoms with van der Waals surface area (Å²) in [4.78, 5) is 35.6. The Morgan fingerprint density at radius 1 is 1.17 bits per heavy atom. The van der Waals surface area contributed by atoms with Crippen LogP contribution in [0.1, 0.15) is 88.2 Å². The Labute approximate surface area is 252 Å². The molecule has 2 aliphatic heterocycles. The zero-order valence-corrected chi connectivity index (χ0v) is 25.9. The number of hydrogen-bond acceptors (Lipinski definition) is 5. The summed E-state index contributed by atoms with van der Waals surface area (Å²) in [5.41, 5.74) is 1.39. The van der Waals surface area contributed by atoms with E-state index in [1.165, 1.54) is 24.8 Å². The van der Waals surface area contributed by atoms with Crippen molar-refractivity contribution in [3.8, 4) is 11.3 Å². The summed E-state index contributed by atoms with van der Waals surface area (Å²) in [5.74, 6) is -1.23. The molecule has 10 heteroatoms. The number of carbonyl (C=O) groups excluding carboxylic acids is 2. The van der Waals surface area contributed by atoms with Crippen LogP contribution >= 0.6 is 0 Å². The molecule has 2 atom stereocenters. The Kier molecular flexibility index (Phi) is 15.2. The third kappa shape index (κ3) is 10.5. The Bertz CT molecular complexity index is 1140. The smallest absolute Gasteiger partial charge is 0.243 e. The number of amides is 2. The number of hydrogen-bond donors (Lipinski definition) is 3. The van der Waals surface area contributed by atoms with E-state index in [9.17, 15) is 18.4 Å². The van der Waals surface area contributed by atoms with Gasteiger partial charge in [-0.1, -0.05) is 34.3 Å². The number of aromatic nitrogens is 2. The SMILES string of the molecule is C=C(C[C@H](NC(=O)CC1CCOCC1)C(=O)NCc1ncc(-c2ccc(F)cc2F)[nH]1)N1CCCC[C@@H]1C.CC.CC.[HH].[HH]. The van der Waals surface area contributed by atoms with E-state index in [0.29, 0.717) is 43.6 Å². The quantitative estimate of drug-likeness (QED) is 0.289. The van der Waals surface area contributed by atoms with Crippen molar-refractivity contribution in [2.24, 2.45) is 5.92 Å². The van der Waals surface area contributed by atoms with Gasteiger partial charge in [0.2, 0.25) is 11.8 Å². The van der Waals surface area contributed by atoms with E-state index in [4.69, 9.17) is 4.74 Å². The molecule has 0 spiro atoms. The number of aromatic amines is 1. The van der Waals surface area contributed by atoms with E-state index in [1.807, 2.05) is 27.7 Å². The van der Waals surface area contributed by atoms with Crippen molar-refractivity contribution in [3.05, 3.63) is 54.1 Å². The zero-order valence-electron chi connectivity index (χ0n) is 25.9. The van der Waals surface area contributed by atoms with Crippen LogP contribution in [0.5, 0.6) is 0 Å². The Balaban J connectivity index is 0.00000296. The molecular formula is C32H53F2N5O3. The van der Waals surface area contributed by atoms with Crippen LogP contribution in [-0.4, -0.2) is 58.5 Å². The van der Waals surface area contributed by atoms with Crippen molar-refractivity contribution in [2.45, 2.75) is 98.2 Å². The highest BCUT2D eigenvalue weighted by atomic mass is 19.1. The Hall–Kier alpha value is -3.27. The van der Waals surface area contributed by atoms with Crippen LogP contribution in [0.3, 0.4) is 0 Å². The van der Waals surface area contributed by atoms with Crippen LogP contribution in [0.25, 0.3) is 11.3 Å². The summed E-state index contributed by atoms with van der Waals surface area (Å²) >= 11 is 0. The summed E-state index contributed by atoms with van der Waals surface area (Å²) in [6.07, 6.45) is 7.07. The minimum absolute atomic E-state index is 0. The van der Waals surface area contributed by atoms with E-state index in [1.54, 1.807) is 0 Å². The molecule has 3 N–H and O–H groups in total. The minimum Gasteiger partial charge on any atom is -0.381 e. The first-order valence-corrected chi connectivity index (χ1v) is 15.4. The standard InChI is InChI=1S/C28H37F2N5O3.2C2H6.2H2/c1-18-5-3-4-10-35(18)19(2)13-24(34-27(36)14-20-8-11-38-12-9-20)28(37)32-17-26-31-16-25(33-26)22-7-6-21(29)15-23(22)30;2*1-2;;/h6-7,15-16,18,20,24H,2-5,8-14,17H2,1H3,(H,31,33)(H,32,37)(H,34,36);2*1-2H3;2*1H/t18-,24-;;;;/m0..../s1. The first kappa shape index (κ1) is 34.9. The Morgan fingerprint density at radius 3 is 2.55 bits per heavy atom. The summed E-state index contributed by atoms with van der Waals surface area (Å²) < 4.78 is 32.8. The largest absolute Gasteiger partial charge is 0.381 e. The van der Waals surface area contributed by atoms with Crippen LogP contribution in [0.2, 0.25) is 0 Å². The highest BCUT2D eigenvalue weighted by Crippen LogP contribution is 2.24. The van der Waals surface area contributed by atoms with Gasteiger partial charge in [0.05, 0.1) is 18.4 Å². The average molecular weight is 594 g/mol. The second kappa shape index (κ2) is 18.3. The molecule has 1 aromatic heterocycles. The van der Waals surface area contributed by atoms with E-state index in [0.717, 1.165) is 44.0 Å². The molecule has 2 fully saturated rings. The summed E-state index contributed by atoms with van der Waals surface area (Å²) in [7, 11) is 0. The van der Waals surface area contributed by atoms with Crippen molar-refractivity contribution >= 4 is 11.8 Å². The fourth-order valence-corrected chi connectivity index (χ4v) is 5.19. The minimum atomic E-state index is -0.784. The van der Waals surface area contributed by atoms with Crippen molar-refractivity contribution in [3.63, 3.8) is 0 Å². The molecule has 0 aliphatic carbocycles. The first-order chi connectivity index (χ1) is 20.3. The normalized spacial score (nSPS) is 17.6. The van der Waals surface area contributed by atoms with Crippen molar-refractivity contribution < 1.29 is 26.0 Å². The maximum Gasteiger partial charge on any atom is 0.243 e. The lowest BCUT2D eigenvalue weighted by Gasteiger charge is -2.37. The Morgan fingerprint density at radius 2 is 1.88 bits per heavy atom. The van der Waals surface area contributed by atoms with E-state index >= 15 is 0 Å². The number of rotatable bonds is 10. The summed E-state index contributed by atoms with van der Waals surface area (Å²) in [6, 6.07) is 2.86. The lowest BCUT2D eigenvalue weighted by molar-refractivity contribution is -0.130. The van der Waals surface area contributed by atoms with Crippen molar-refractivity contribution in [1.82, 2.24) is 25.5 Å². The second-order valence-corrected chi connectivity index (χ2v) is 10.3. The van der Waals surface area contributed by atoms with Crippen LogP contribution < -0.4 is 10.6 Å². The van der Waals surface area contributed by atoms with Gasteiger partial charge in [0.15, 0.2) is 0 Å². The van der Waals surface area contributed by atoms with Gasteiger partial charge in [-0.15, -0.1) is 0 Å². The topological polar surface area (TPSA) is 99.3 Å². The molecule has 0 saturated carbocycles. The molecule has 1 aromatic carbocycles. The number of H-pyrrole nitrogens is 1. The van der Waals surface area contributed by atoms with Gasteiger partial charge >= 0.3 is 0 Å². The number of benzene rings is 1. The molecule has 2 saturated heterocycles. The zero-order chi connectivity index (χ0) is 31.1. The molecule has 8 nitrogen and oxygen atoms in total. The third-order valence-corrected chi connectivity index (χ3v) is 7.40. The molecule has 3 heterocycles. The van der Waals surface area contributed by atoms with E-state index in [-0.39, 0.29) is 32.7 Å². The van der Waals surface area contributed by atoms with Crippen molar-refractivity contribution in [2.75, 3.05) is 19.8 Å². The van der Waals surface area contributed by atoms with Gasteiger partial charge in [0.25, 0.3) is 0 Å². The van der Waals surface area contributed by atoms with Crippen LogP contribution in [0.15, 0.2) is 36.7 Å². The number of halogens is 2. The van der Waals surface area contributed by atoms with E-state index < -0.39 is 17.7 Å². The van der Waals surface area contributed by atoms with Crippen LogP contribution in [0.4, 0.5) is 8.78 Å². The van der Waals surface area contributed by atoms with Gasteiger partial charge in [-0.2, -0.15) is 0 Å². The van der Waals surface area contributed by atoms with Crippen molar-refractivity contribution in [1.29, 1.82) is 0 Å². The first-order valence-electron chi connectivity index (χ1n) is 15.4. The molecule has 0 bridgehead atoms. The maximum atomic E-state index is 14.1. The number of nitrogens with zero attached hydrogens (tertiary/aromatic N) is 2. The van der Waals surface area contributed by atoms with E-state index in [2.05, 4.69) is 39.0 Å². The van der Waals surface area contributed by atoms with Gasteiger partial charge < -0.3 is 25.3 Å². The molecule has 238 valence electrons. The number of imidazole rings is 1. The van der Waals surface area contributed by atoms with Crippen LogP contribution in [0, 0.1) is 17.6 Å². The molecule has 0 unspecified atom stereocenters. The summed E-state index contributed by atoms with van der Waals surface area (Å²) in [6.45, 7) is 16.6. The highest BCUT2D eigenvalue weighted by Gasteiger charge is 2.27. The number of piperidine rings is 1. The number of nitrogens with one attached hydrogen (secondary N) is 3. The molecule has 2 aromatic rings. The van der Waals surface area contributed by atoms with Gasteiger partial charge in [0.1, 0.15) is 23.5 Å². The lowest BCUT2D eigenvalue weighted by Crippen LogP contribution is -2.49. The maximum absolute atomic E-state index is 14.1. The van der Waals surface area contributed by atoms with Gasteiger partial charge in [-0.3, -0.25) is 9.59 Å². The number of likely N-dealkylation sites (tertiary alicyclic amines) is 1. The number of ether oxygens (including phenoxy) is 1. The monoisotopic (exact) mass is 593 g/mol. The molecule has 2 amide bonds. The molecule has 0 radical (unpaired) electrons.